The van der Waals surface area contributed by atoms with Crippen molar-refractivity contribution in [1.82, 2.24) is 9.97 Å². The van der Waals surface area contributed by atoms with Gasteiger partial charge in [0.15, 0.2) is 5.03 Å². The van der Waals surface area contributed by atoms with Crippen LogP contribution in [0.25, 0.3) is 0 Å². The number of rotatable bonds is 2. The van der Waals surface area contributed by atoms with Crippen LogP contribution in [0, 0.1) is 11.3 Å². The summed E-state index contributed by atoms with van der Waals surface area (Å²) < 4.78 is 22.3. The zero-order valence-electron chi connectivity index (χ0n) is 6.51. The molecule has 6 heteroatoms. The minimum Gasteiger partial charge on any atom is -0.227 e. The van der Waals surface area contributed by atoms with E-state index in [0.717, 1.165) is 5.41 Å². The lowest BCUT2D eigenvalue weighted by molar-refractivity contribution is 0.600. The minimum absolute atomic E-state index is 0.178. The highest BCUT2D eigenvalue weighted by atomic mass is 32.2. The maximum absolute atomic E-state index is 11.2. The normalized spacial score (nSPS) is 10.4. The fourth-order valence-electron chi connectivity index (χ4n) is 0.640. The van der Waals surface area contributed by atoms with E-state index in [1.807, 2.05) is 0 Å². The van der Waals surface area contributed by atoms with Crippen LogP contribution in [0.5, 0.6) is 0 Å². The second-order valence-electron chi connectivity index (χ2n) is 2.04. The van der Waals surface area contributed by atoms with Gasteiger partial charge in [0, 0.05) is 11.6 Å². The molecular formula is C7H5N3O2S. The lowest BCUT2D eigenvalue weighted by atomic mass is 10.6. The molecule has 0 amide bonds. The van der Waals surface area contributed by atoms with Crippen LogP contribution < -0.4 is 0 Å². The van der Waals surface area contributed by atoms with Crippen LogP contribution >= 0.6 is 0 Å². The van der Waals surface area contributed by atoms with Gasteiger partial charge in [-0.3, -0.25) is 0 Å². The summed E-state index contributed by atoms with van der Waals surface area (Å²) in [6.45, 7) is 3.13. The zero-order valence-corrected chi connectivity index (χ0v) is 7.32. The van der Waals surface area contributed by atoms with Crippen molar-refractivity contribution in [2.75, 3.05) is 0 Å². The van der Waals surface area contributed by atoms with Gasteiger partial charge in [0.05, 0.1) is 0 Å². The first kappa shape index (κ1) is 9.35. The monoisotopic (exact) mass is 195 g/mol. The number of nitriles is 1. The number of hydrogen-bond acceptors (Lipinski definition) is 5. The summed E-state index contributed by atoms with van der Waals surface area (Å²) in [6.07, 6.45) is 1.21. The molecule has 0 fully saturated rings. The third-order valence-corrected chi connectivity index (χ3v) is 2.49. The Morgan fingerprint density at radius 3 is 2.85 bits per heavy atom. The Hall–Kier alpha value is -1.74. The SMILES string of the molecule is C=CS(=O)(=O)c1ccnc(C#N)n1. The molecule has 0 saturated heterocycles. The Kier molecular flexibility index (Phi) is 2.39. The molecule has 0 aliphatic heterocycles. The van der Waals surface area contributed by atoms with E-state index in [9.17, 15) is 8.42 Å². The summed E-state index contributed by atoms with van der Waals surface area (Å²) in [4.78, 5) is 7.04. The molecule has 1 aromatic heterocycles. The van der Waals surface area contributed by atoms with Crippen LogP contribution in [0.15, 0.2) is 29.3 Å². The standard InChI is InChI=1S/C7H5N3O2S/c1-2-13(11,12)7-3-4-9-6(5-8)10-7/h2-4H,1H2. The van der Waals surface area contributed by atoms with Crippen molar-refractivity contribution in [3.63, 3.8) is 0 Å². The predicted octanol–water partition coefficient (Wildman–Crippen LogP) is 0.265. The molecule has 1 aromatic rings. The number of aromatic nitrogens is 2. The van der Waals surface area contributed by atoms with Gasteiger partial charge < -0.3 is 0 Å². The number of hydrogen-bond donors (Lipinski definition) is 0. The summed E-state index contributed by atoms with van der Waals surface area (Å²) in [6, 6.07) is 2.85. The van der Waals surface area contributed by atoms with E-state index in [1.54, 1.807) is 6.07 Å². The Balaban J connectivity index is 3.34. The van der Waals surface area contributed by atoms with Crippen LogP contribution in [0.3, 0.4) is 0 Å². The molecule has 5 nitrogen and oxygen atoms in total. The second-order valence-corrected chi connectivity index (χ2v) is 3.88. The fraction of sp³-hybridized carbons (Fsp3) is 0. The first-order chi connectivity index (χ1) is 6.10. The molecule has 0 bridgehead atoms. The first-order valence-electron chi connectivity index (χ1n) is 3.21. The molecule has 66 valence electrons. The van der Waals surface area contributed by atoms with Crippen LogP contribution in [-0.4, -0.2) is 18.4 Å². The van der Waals surface area contributed by atoms with E-state index in [4.69, 9.17) is 5.26 Å². The lowest BCUT2D eigenvalue weighted by Crippen LogP contribution is -2.01. The van der Waals surface area contributed by atoms with Gasteiger partial charge in [0.1, 0.15) is 6.07 Å². The van der Waals surface area contributed by atoms with E-state index in [1.165, 1.54) is 12.3 Å². The average Bonchev–Trinajstić information content (AvgIpc) is 2.18. The highest BCUT2D eigenvalue weighted by Crippen LogP contribution is 2.06. The van der Waals surface area contributed by atoms with Crippen molar-refractivity contribution in [2.45, 2.75) is 5.03 Å². The second kappa shape index (κ2) is 3.33. The molecule has 0 aliphatic carbocycles. The Morgan fingerprint density at radius 1 is 1.62 bits per heavy atom. The molecular weight excluding hydrogens is 190 g/mol. The van der Waals surface area contributed by atoms with E-state index in [-0.39, 0.29) is 10.9 Å². The van der Waals surface area contributed by atoms with Crippen LogP contribution in [0.2, 0.25) is 0 Å². The van der Waals surface area contributed by atoms with Crippen molar-refractivity contribution in [3.8, 4) is 6.07 Å². The van der Waals surface area contributed by atoms with E-state index >= 15 is 0 Å². The Labute approximate surface area is 75.3 Å². The molecule has 0 N–H and O–H groups in total. The maximum atomic E-state index is 11.2. The van der Waals surface area contributed by atoms with Crippen LogP contribution in [0.1, 0.15) is 5.82 Å². The van der Waals surface area contributed by atoms with Gasteiger partial charge in [-0.15, -0.1) is 0 Å². The summed E-state index contributed by atoms with van der Waals surface area (Å²) in [5.74, 6) is -0.178. The topological polar surface area (TPSA) is 83.7 Å². The number of nitrogens with zero attached hydrogens (tertiary/aromatic N) is 3. The smallest absolute Gasteiger partial charge is 0.227 e. The zero-order chi connectivity index (χ0) is 9.90. The fourth-order valence-corrected chi connectivity index (χ4v) is 1.27. The third kappa shape index (κ3) is 1.89. The third-order valence-electron chi connectivity index (χ3n) is 1.24. The highest BCUT2D eigenvalue weighted by molar-refractivity contribution is 7.94. The van der Waals surface area contributed by atoms with Crippen molar-refractivity contribution in [3.05, 3.63) is 30.1 Å². The first-order valence-corrected chi connectivity index (χ1v) is 4.75. The maximum Gasteiger partial charge on any atom is 0.233 e. The Bertz CT molecular complexity index is 473. The number of sulfone groups is 1. The van der Waals surface area contributed by atoms with E-state index in [0.29, 0.717) is 0 Å². The molecule has 0 radical (unpaired) electrons. The van der Waals surface area contributed by atoms with Crippen molar-refractivity contribution < 1.29 is 8.42 Å². The quantitative estimate of drug-likeness (QED) is 0.632. The molecule has 0 aromatic carbocycles. The largest absolute Gasteiger partial charge is 0.233 e. The van der Waals surface area contributed by atoms with Crippen molar-refractivity contribution >= 4 is 9.84 Å². The highest BCUT2D eigenvalue weighted by Gasteiger charge is 2.11. The van der Waals surface area contributed by atoms with Gasteiger partial charge in [-0.25, -0.2) is 18.4 Å². The Morgan fingerprint density at radius 2 is 2.31 bits per heavy atom. The van der Waals surface area contributed by atoms with Crippen LogP contribution in [-0.2, 0) is 9.84 Å². The average molecular weight is 195 g/mol. The predicted molar refractivity (Wildman–Crippen MR) is 44.1 cm³/mol. The van der Waals surface area contributed by atoms with Gasteiger partial charge >= 0.3 is 0 Å². The van der Waals surface area contributed by atoms with Gasteiger partial charge in [-0.2, -0.15) is 5.26 Å². The lowest BCUT2D eigenvalue weighted by Gasteiger charge is -1.95. The molecule has 0 spiro atoms. The molecule has 0 saturated carbocycles. The van der Waals surface area contributed by atoms with Crippen molar-refractivity contribution in [1.29, 1.82) is 5.26 Å². The molecule has 0 atom stereocenters. The van der Waals surface area contributed by atoms with Crippen molar-refractivity contribution in [2.24, 2.45) is 0 Å². The molecule has 1 heterocycles. The summed E-state index contributed by atoms with van der Waals surface area (Å²) >= 11 is 0. The van der Waals surface area contributed by atoms with Gasteiger partial charge in [-0.1, -0.05) is 6.58 Å². The van der Waals surface area contributed by atoms with Gasteiger partial charge in [0.2, 0.25) is 15.7 Å². The van der Waals surface area contributed by atoms with Gasteiger partial charge in [0.25, 0.3) is 0 Å². The van der Waals surface area contributed by atoms with Crippen LogP contribution in [0.4, 0.5) is 0 Å². The van der Waals surface area contributed by atoms with Gasteiger partial charge in [-0.05, 0) is 6.07 Å². The summed E-state index contributed by atoms with van der Waals surface area (Å²) in [5.41, 5.74) is 0. The molecule has 0 aliphatic rings. The van der Waals surface area contributed by atoms with E-state index in [2.05, 4.69) is 16.5 Å². The molecule has 1 rings (SSSR count). The molecule has 13 heavy (non-hydrogen) atoms. The van der Waals surface area contributed by atoms with E-state index < -0.39 is 9.84 Å². The minimum atomic E-state index is -3.57. The summed E-state index contributed by atoms with van der Waals surface area (Å²) in [5, 5.41) is 8.97. The molecule has 0 unspecified atom stereocenters. The summed E-state index contributed by atoms with van der Waals surface area (Å²) in [7, 11) is -3.57.